The van der Waals surface area contributed by atoms with Crippen LogP contribution in [0, 0.1) is 12.7 Å². The van der Waals surface area contributed by atoms with Crippen molar-refractivity contribution in [2.24, 2.45) is 0 Å². The van der Waals surface area contributed by atoms with Gasteiger partial charge in [-0.25, -0.2) is 4.39 Å². The van der Waals surface area contributed by atoms with Crippen LogP contribution in [0.1, 0.15) is 5.56 Å². The number of benzene rings is 1. The molecular formula is C11H11FN2O2. The van der Waals surface area contributed by atoms with E-state index in [1.54, 1.807) is 19.1 Å². The number of hydrogen-bond donors (Lipinski definition) is 1. The Hall–Kier alpha value is -2.04. The molecule has 0 saturated heterocycles. The number of methoxy groups -OCH3 is 1. The average molecular weight is 222 g/mol. The number of ether oxygens (including phenoxy) is 1. The van der Waals surface area contributed by atoms with Gasteiger partial charge in [-0.15, -0.1) is 0 Å². The Bertz CT molecular complexity index is 523. The first-order chi connectivity index (χ1) is 7.63. The van der Waals surface area contributed by atoms with Crippen LogP contribution in [0.4, 0.5) is 10.2 Å². The lowest BCUT2D eigenvalue weighted by Crippen LogP contribution is -1.94. The highest BCUT2D eigenvalue weighted by molar-refractivity contribution is 5.68. The van der Waals surface area contributed by atoms with Gasteiger partial charge in [-0.2, -0.15) is 0 Å². The average Bonchev–Trinajstić information content (AvgIpc) is 2.68. The van der Waals surface area contributed by atoms with Crippen molar-refractivity contribution in [1.82, 2.24) is 5.16 Å². The minimum atomic E-state index is -0.407. The molecule has 1 heterocycles. The van der Waals surface area contributed by atoms with E-state index in [1.807, 2.05) is 0 Å². The molecule has 2 N–H and O–H groups in total. The van der Waals surface area contributed by atoms with Crippen molar-refractivity contribution in [2.45, 2.75) is 6.92 Å². The molecule has 0 aliphatic carbocycles. The van der Waals surface area contributed by atoms with Crippen molar-refractivity contribution in [3.8, 4) is 17.1 Å². The van der Waals surface area contributed by atoms with Crippen LogP contribution in [-0.2, 0) is 0 Å². The second kappa shape index (κ2) is 3.84. The Morgan fingerprint density at radius 1 is 1.44 bits per heavy atom. The van der Waals surface area contributed by atoms with Gasteiger partial charge in [0.05, 0.1) is 12.7 Å². The first kappa shape index (κ1) is 10.5. The number of nitrogen functional groups attached to an aromatic ring is 1. The number of rotatable bonds is 2. The van der Waals surface area contributed by atoms with Gasteiger partial charge in [-0.1, -0.05) is 11.2 Å². The van der Waals surface area contributed by atoms with Gasteiger partial charge in [0, 0.05) is 6.07 Å². The summed E-state index contributed by atoms with van der Waals surface area (Å²) in [6, 6.07) is 4.87. The lowest BCUT2D eigenvalue weighted by atomic mass is 10.1. The van der Waals surface area contributed by atoms with E-state index in [0.717, 1.165) is 0 Å². The lowest BCUT2D eigenvalue weighted by Gasteiger charge is -2.08. The number of nitrogens with zero attached hydrogens (tertiary/aromatic N) is 1. The molecule has 0 bridgehead atoms. The van der Waals surface area contributed by atoms with E-state index in [-0.39, 0.29) is 11.6 Å². The van der Waals surface area contributed by atoms with E-state index < -0.39 is 5.82 Å². The highest BCUT2D eigenvalue weighted by Crippen LogP contribution is 2.34. The van der Waals surface area contributed by atoms with Crippen LogP contribution in [0.2, 0.25) is 0 Å². The molecule has 2 rings (SSSR count). The van der Waals surface area contributed by atoms with Crippen molar-refractivity contribution in [2.75, 3.05) is 12.8 Å². The molecule has 0 unspecified atom stereocenters. The summed E-state index contributed by atoms with van der Waals surface area (Å²) in [5, 5.41) is 3.55. The number of hydrogen-bond acceptors (Lipinski definition) is 4. The first-order valence-corrected chi connectivity index (χ1v) is 4.69. The fourth-order valence-corrected chi connectivity index (χ4v) is 1.46. The quantitative estimate of drug-likeness (QED) is 0.847. The number of anilines is 1. The smallest absolute Gasteiger partial charge is 0.172 e. The molecule has 16 heavy (non-hydrogen) atoms. The summed E-state index contributed by atoms with van der Waals surface area (Å²) >= 11 is 0. The predicted octanol–water partition coefficient (Wildman–Crippen LogP) is 2.38. The largest absolute Gasteiger partial charge is 0.493 e. The Kier molecular flexibility index (Phi) is 2.52. The van der Waals surface area contributed by atoms with Gasteiger partial charge in [-0.05, 0) is 18.6 Å². The SMILES string of the molecule is COc1c(-c2cc(N)no2)ccc(C)c1F. The third-order valence-corrected chi connectivity index (χ3v) is 2.29. The molecular weight excluding hydrogens is 211 g/mol. The van der Waals surface area contributed by atoms with Crippen molar-refractivity contribution in [3.63, 3.8) is 0 Å². The van der Waals surface area contributed by atoms with E-state index in [0.29, 0.717) is 16.9 Å². The molecule has 0 fully saturated rings. The second-order valence-electron chi connectivity index (χ2n) is 3.39. The Balaban J connectivity index is 2.61. The molecule has 2 aromatic rings. The van der Waals surface area contributed by atoms with E-state index >= 15 is 0 Å². The Morgan fingerprint density at radius 2 is 2.19 bits per heavy atom. The summed E-state index contributed by atoms with van der Waals surface area (Å²) in [6.45, 7) is 1.66. The van der Waals surface area contributed by atoms with Crippen LogP contribution in [0.3, 0.4) is 0 Å². The maximum absolute atomic E-state index is 13.7. The molecule has 1 aromatic carbocycles. The van der Waals surface area contributed by atoms with Crippen molar-refractivity contribution < 1.29 is 13.7 Å². The van der Waals surface area contributed by atoms with Crippen LogP contribution < -0.4 is 10.5 Å². The minimum Gasteiger partial charge on any atom is -0.493 e. The van der Waals surface area contributed by atoms with Crippen LogP contribution in [0.25, 0.3) is 11.3 Å². The molecule has 0 aliphatic heterocycles. The Morgan fingerprint density at radius 3 is 2.75 bits per heavy atom. The molecule has 0 radical (unpaired) electrons. The van der Waals surface area contributed by atoms with E-state index in [2.05, 4.69) is 5.16 Å². The molecule has 84 valence electrons. The molecule has 0 amide bonds. The Labute approximate surface area is 91.8 Å². The predicted molar refractivity (Wildman–Crippen MR) is 57.6 cm³/mol. The maximum atomic E-state index is 13.7. The highest BCUT2D eigenvalue weighted by Gasteiger charge is 2.16. The van der Waals surface area contributed by atoms with Crippen molar-refractivity contribution in [1.29, 1.82) is 0 Å². The molecule has 4 nitrogen and oxygen atoms in total. The van der Waals surface area contributed by atoms with Gasteiger partial charge in [0.1, 0.15) is 0 Å². The van der Waals surface area contributed by atoms with E-state index in [1.165, 1.54) is 13.2 Å². The fraction of sp³-hybridized carbons (Fsp3) is 0.182. The summed E-state index contributed by atoms with van der Waals surface area (Å²) < 4.78 is 23.7. The van der Waals surface area contributed by atoms with Gasteiger partial charge >= 0.3 is 0 Å². The minimum absolute atomic E-state index is 0.135. The van der Waals surface area contributed by atoms with Gasteiger partial charge < -0.3 is 15.0 Å². The fourth-order valence-electron chi connectivity index (χ4n) is 1.46. The van der Waals surface area contributed by atoms with E-state index in [4.69, 9.17) is 15.0 Å². The summed E-state index contributed by atoms with van der Waals surface area (Å²) in [4.78, 5) is 0. The number of aryl methyl sites for hydroxylation is 1. The van der Waals surface area contributed by atoms with Crippen LogP contribution in [0.5, 0.6) is 5.75 Å². The maximum Gasteiger partial charge on any atom is 0.172 e. The number of nitrogens with two attached hydrogens (primary N) is 1. The monoisotopic (exact) mass is 222 g/mol. The molecule has 0 saturated carbocycles. The summed E-state index contributed by atoms with van der Waals surface area (Å²) in [7, 11) is 1.40. The molecule has 1 aromatic heterocycles. The molecule has 5 heteroatoms. The lowest BCUT2D eigenvalue weighted by molar-refractivity contribution is 0.381. The molecule has 0 atom stereocenters. The summed E-state index contributed by atoms with van der Waals surface area (Å²) in [5.74, 6) is 0.359. The number of aromatic nitrogens is 1. The topological polar surface area (TPSA) is 61.3 Å². The standard InChI is InChI=1S/C11H11FN2O2/c1-6-3-4-7(11(15-2)10(6)12)8-5-9(13)14-16-8/h3-5H,1-2H3,(H2,13,14). The van der Waals surface area contributed by atoms with Crippen LogP contribution >= 0.6 is 0 Å². The van der Waals surface area contributed by atoms with Gasteiger partial charge in [0.25, 0.3) is 0 Å². The normalized spacial score (nSPS) is 10.4. The third-order valence-electron chi connectivity index (χ3n) is 2.29. The van der Waals surface area contributed by atoms with Gasteiger partial charge in [-0.3, -0.25) is 0 Å². The van der Waals surface area contributed by atoms with Crippen LogP contribution in [0.15, 0.2) is 22.7 Å². The van der Waals surface area contributed by atoms with Crippen molar-refractivity contribution >= 4 is 5.82 Å². The molecule has 0 spiro atoms. The molecule has 0 aliphatic rings. The zero-order valence-electron chi connectivity index (χ0n) is 8.95. The first-order valence-electron chi connectivity index (χ1n) is 4.69. The summed E-state index contributed by atoms with van der Waals surface area (Å²) in [5.41, 5.74) is 6.44. The second-order valence-corrected chi connectivity index (χ2v) is 3.39. The highest BCUT2D eigenvalue weighted by atomic mass is 19.1. The van der Waals surface area contributed by atoms with Crippen molar-refractivity contribution in [3.05, 3.63) is 29.6 Å². The van der Waals surface area contributed by atoms with Gasteiger partial charge in [0.15, 0.2) is 23.1 Å². The van der Waals surface area contributed by atoms with Crippen LogP contribution in [-0.4, -0.2) is 12.3 Å². The summed E-state index contributed by atoms with van der Waals surface area (Å²) in [6.07, 6.45) is 0. The third kappa shape index (κ3) is 1.60. The van der Waals surface area contributed by atoms with E-state index in [9.17, 15) is 4.39 Å². The zero-order chi connectivity index (χ0) is 11.7. The zero-order valence-corrected chi connectivity index (χ0v) is 8.95. The van der Waals surface area contributed by atoms with Gasteiger partial charge in [0.2, 0.25) is 0 Å². The number of halogens is 1.